The maximum absolute atomic E-state index is 14.0. The standard InChI is InChI=1S/C34H34N4O5/c1-21-15-22(2)17-25(16-21)33(40)38(3)30(18-23-9-11-24(12-10-23)31-13-14-36-43-31)32(39)37-29(34(41)42-4)19-26-20-35-28-8-6-5-7-27(26)28/h5-17,20,29-30,35H,18-19H2,1-4H3,(H,37,39)/t29-,30-/m0/s1. The quantitative estimate of drug-likeness (QED) is 0.225. The smallest absolute Gasteiger partial charge is 0.328 e. The van der Waals surface area contributed by atoms with Crippen LogP contribution in [-0.4, -0.2) is 59.1 Å². The van der Waals surface area contributed by atoms with Crippen LogP contribution in [0.25, 0.3) is 22.2 Å². The lowest BCUT2D eigenvalue weighted by molar-refractivity contribution is -0.145. The molecule has 0 unspecified atom stereocenters. The van der Waals surface area contributed by atoms with Crippen LogP contribution >= 0.6 is 0 Å². The zero-order chi connectivity index (χ0) is 30.5. The summed E-state index contributed by atoms with van der Waals surface area (Å²) in [6, 6.07) is 20.8. The van der Waals surface area contributed by atoms with E-state index in [9.17, 15) is 14.4 Å². The van der Waals surface area contributed by atoms with Gasteiger partial charge in [-0.3, -0.25) is 9.59 Å². The first-order chi connectivity index (χ1) is 20.7. The highest BCUT2D eigenvalue weighted by molar-refractivity contribution is 5.98. The lowest BCUT2D eigenvalue weighted by Gasteiger charge is -2.29. The van der Waals surface area contributed by atoms with E-state index in [1.54, 1.807) is 31.4 Å². The average molecular weight is 579 g/mol. The van der Waals surface area contributed by atoms with Gasteiger partial charge in [0.1, 0.15) is 12.1 Å². The summed E-state index contributed by atoms with van der Waals surface area (Å²) in [5, 5.41) is 7.60. The number of aromatic nitrogens is 2. The van der Waals surface area contributed by atoms with Crippen LogP contribution in [0.1, 0.15) is 32.6 Å². The molecule has 0 bridgehead atoms. The average Bonchev–Trinajstić information content (AvgIpc) is 3.69. The summed E-state index contributed by atoms with van der Waals surface area (Å²) in [6.07, 6.45) is 3.84. The van der Waals surface area contributed by atoms with Crippen molar-refractivity contribution in [3.63, 3.8) is 0 Å². The Morgan fingerprint density at radius 2 is 1.70 bits per heavy atom. The van der Waals surface area contributed by atoms with Crippen LogP contribution in [-0.2, 0) is 27.2 Å². The van der Waals surface area contributed by atoms with Gasteiger partial charge in [0.05, 0.1) is 13.3 Å². The predicted octanol–water partition coefficient (Wildman–Crippen LogP) is 5.02. The molecule has 0 saturated carbocycles. The zero-order valence-corrected chi connectivity index (χ0v) is 24.6. The number of hydrogen-bond donors (Lipinski definition) is 2. The van der Waals surface area contributed by atoms with Crippen molar-refractivity contribution < 1.29 is 23.6 Å². The van der Waals surface area contributed by atoms with Crippen molar-refractivity contribution >= 4 is 28.7 Å². The molecule has 9 heteroatoms. The van der Waals surface area contributed by atoms with Crippen molar-refractivity contribution in [2.24, 2.45) is 0 Å². The fourth-order valence-electron chi connectivity index (χ4n) is 5.37. The molecule has 3 aromatic carbocycles. The molecule has 5 rings (SSSR count). The molecule has 9 nitrogen and oxygen atoms in total. The Hall–Kier alpha value is -5.18. The predicted molar refractivity (Wildman–Crippen MR) is 163 cm³/mol. The number of nitrogens with zero attached hydrogens (tertiary/aromatic N) is 2. The third kappa shape index (κ3) is 6.67. The van der Waals surface area contributed by atoms with Gasteiger partial charge in [-0.2, -0.15) is 0 Å². The third-order valence-electron chi connectivity index (χ3n) is 7.57. The SMILES string of the molecule is COC(=O)[C@H](Cc1c[nH]c2ccccc12)NC(=O)[C@H](Cc1ccc(-c2ccno2)cc1)N(C)C(=O)c1cc(C)cc(C)c1. The number of ether oxygens (including phenoxy) is 1. The summed E-state index contributed by atoms with van der Waals surface area (Å²) in [5.74, 6) is -0.704. The molecular formula is C34H34N4O5. The number of esters is 1. The summed E-state index contributed by atoms with van der Waals surface area (Å²) in [7, 11) is 2.90. The largest absolute Gasteiger partial charge is 0.467 e. The Labute approximate surface area is 249 Å². The van der Waals surface area contributed by atoms with Crippen LogP contribution < -0.4 is 5.32 Å². The Bertz CT molecular complexity index is 1720. The molecule has 0 spiro atoms. The summed E-state index contributed by atoms with van der Waals surface area (Å²) >= 11 is 0. The summed E-state index contributed by atoms with van der Waals surface area (Å²) in [6.45, 7) is 3.85. The molecule has 5 aromatic rings. The molecule has 2 atom stereocenters. The summed E-state index contributed by atoms with van der Waals surface area (Å²) in [4.78, 5) is 45.2. The van der Waals surface area contributed by atoms with Gasteiger partial charge in [0.2, 0.25) is 5.91 Å². The molecule has 43 heavy (non-hydrogen) atoms. The van der Waals surface area contributed by atoms with Crippen molar-refractivity contribution in [2.75, 3.05) is 14.2 Å². The number of likely N-dealkylation sites (N-methyl/N-ethyl adjacent to an activating group) is 1. The first-order valence-electron chi connectivity index (χ1n) is 14.0. The minimum atomic E-state index is -0.960. The maximum atomic E-state index is 14.0. The maximum Gasteiger partial charge on any atom is 0.328 e. The lowest BCUT2D eigenvalue weighted by Crippen LogP contribution is -2.53. The summed E-state index contributed by atoms with van der Waals surface area (Å²) in [5.41, 5.74) is 5.85. The molecule has 0 aliphatic carbocycles. The van der Waals surface area contributed by atoms with Crippen molar-refractivity contribution in [1.29, 1.82) is 0 Å². The van der Waals surface area contributed by atoms with Gasteiger partial charge >= 0.3 is 5.97 Å². The van der Waals surface area contributed by atoms with E-state index in [0.717, 1.165) is 38.7 Å². The molecule has 0 aliphatic heterocycles. The molecule has 0 fully saturated rings. The van der Waals surface area contributed by atoms with Gasteiger partial charge in [-0.1, -0.05) is 64.8 Å². The van der Waals surface area contributed by atoms with Gasteiger partial charge in [-0.05, 0) is 43.2 Å². The number of rotatable bonds is 10. The number of para-hydroxylation sites is 1. The Morgan fingerprint density at radius 3 is 2.37 bits per heavy atom. The van der Waals surface area contributed by atoms with Gasteiger partial charge in [0, 0.05) is 54.2 Å². The van der Waals surface area contributed by atoms with Gasteiger partial charge in [0.25, 0.3) is 5.91 Å². The number of carbonyl (C=O) groups is 3. The number of nitrogens with one attached hydrogen (secondary N) is 2. The number of methoxy groups -OCH3 is 1. The highest BCUT2D eigenvalue weighted by Crippen LogP contribution is 2.22. The van der Waals surface area contributed by atoms with Crippen LogP contribution in [0.2, 0.25) is 0 Å². The van der Waals surface area contributed by atoms with Gasteiger partial charge in [0.15, 0.2) is 5.76 Å². The van der Waals surface area contributed by atoms with Crippen molar-refractivity contribution in [1.82, 2.24) is 20.4 Å². The molecule has 0 aliphatic rings. The normalized spacial score (nSPS) is 12.5. The van der Waals surface area contributed by atoms with E-state index < -0.39 is 24.0 Å². The van der Waals surface area contributed by atoms with Gasteiger partial charge in [-0.25, -0.2) is 4.79 Å². The second-order valence-corrected chi connectivity index (χ2v) is 10.7. The fraction of sp³-hybridized carbons (Fsp3) is 0.235. The number of benzene rings is 3. The van der Waals surface area contributed by atoms with Gasteiger partial charge < -0.3 is 24.5 Å². The molecule has 2 aromatic heterocycles. The summed E-state index contributed by atoms with van der Waals surface area (Å²) < 4.78 is 10.3. The first-order valence-corrected chi connectivity index (χ1v) is 14.0. The molecule has 2 N–H and O–H groups in total. The van der Waals surface area contributed by atoms with E-state index in [1.165, 1.54) is 12.0 Å². The van der Waals surface area contributed by atoms with Crippen molar-refractivity contribution in [3.8, 4) is 11.3 Å². The minimum Gasteiger partial charge on any atom is -0.467 e. The minimum absolute atomic E-state index is 0.218. The van der Waals surface area contributed by atoms with Crippen LogP contribution in [0, 0.1) is 13.8 Å². The molecule has 220 valence electrons. The van der Waals surface area contributed by atoms with Crippen LogP contribution in [0.3, 0.4) is 0 Å². The number of H-pyrrole nitrogens is 1. The van der Waals surface area contributed by atoms with Crippen LogP contribution in [0.15, 0.2) is 89.7 Å². The fourth-order valence-corrected chi connectivity index (χ4v) is 5.37. The Balaban J connectivity index is 1.43. The number of carbonyl (C=O) groups excluding carboxylic acids is 3. The number of aryl methyl sites for hydroxylation is 2. The van der Waals surface area contributed by atoms with E-state index in [1.807, 2.05) is 74.6 Å². The second kappa shape index (κ2) is 12.8. The van der Waals surface area contributed by atoms with E-state index in [-0.39, 0.29) is 18.7 Å². The second-order valence-electron chi connectivity index (χ2n) is 10.7. The van der Waals surface area contributed by atoms with Crippen molar-refractivity contribution in [2.45, 2.75) is 38.8 Å². The Kier molecular flexibility index (Phi) is 8.71. The molecule has 2 heterocycles. The molecule has 0 saturated heterocycles. The number of fused-ring (bicyclic) bond motifs is 1. The highest BCUT2D eigenvalue weighted by Gasteiger charge is 2.32. The number of amides is 2. The van der Waals surface area contributed by atoms with Crippen LogP contribution in [0.4, 0.5) is 0 Å². The molecule has 2 amide bonds. The number of hydrogen-bond acceptors (Lipinski definition) is 6. The monoisotopic (exact) mass is 578 g/mol. The zero-order valence-electron chi connectivity index (χ0n) is 24.6. The van der Waals surface area contributed by atoms with E-state index >= 15 is 0 Å². The van der Waals surface area contributed by atoms with E-state index in [4.69, 9.17) is 9.26 Å². The van der Waals surface area contributed by atoms with E-state index in [0.29, 0.717) is 11.3 Å². The van der Waals surface area contributed by atoms with Crippen LogP contribution in [0.5, 0.6) is 0 Å². The highest BCUT2D eigenvalue weighted by atomic mass is 16.5. The van der Waals surface area contributed by atoms with Gasteiger partial charge in [-0.15, -0.1) is 0 Å². The molecular weight excluding hydrogens is 544 g/mol. The van der Waals surface area contributed by atoms with E-state index in [2.05, 4.69) is 15.5 Å². The van der Waals surface area contributed by atoms with Crippen molar-refractivity contribution in [3.05, 3.63) is 113 Å². The Morgan fingerprint density at radius 1 is 0.977 bits per heavy atom. The molecule has 0 radical (unpaired) electrons. The first kappa shape index (κ1) is 29.3. The topological polar surface area (TPSA) is 118 Å². The third-order valence-corrected chi connectivity index (χ3v) is 7.57. The number of aromatic amines is 1. The lowest BCUT2D eigenvalue weighted by atomic mass is 9.99.